The number of hydrogen-bond acceptors (Lipinski definition) is 1. The summed E-state index contributed by atoms with van der Waals surface area (Å²) in [5, 5.41) is 0. The first-order chi connectivity index (χ1) is 11.8. The zero-order chi connectivity index (χ0) is 16.4. The van der Waals surface area contributed by atoms with E-state index in [1.54, 1.807) is 0 Å². The van der Waals surface area contributed by atoms with E-state index in [-0.39, 0.29) is 0 Å². The highest BCUT2D eigenvalue weighted by molar-refractivity contribution is 5.75. The molecule has 1 fully saturated rings. The smallest absolute Gasteiger partial charge is 0.107 e. The molecule has 24 heavy (non-hydrogen) atoms. The molecular weight excluding hydrogens is 292 g/mol. The molecule has 1 heterocycles. The molecule has 0 amide bonds. The summed E-state index contributed by atoms with van der Waals surface area (Å²) in [7, 11) is 0. The number of benzene rings is 2. The lowest BCUT2D eigenvalue weighted by molar-refractivity contribution is 0.321. The van der Waals surface area contributed by atoms with Gasteiger partial charge in [0.05, 0.1) is 11.0 Å². The van der Waals surface area contributed by atoms with Crippen molar-refractivity contribution < 1.29 is 0 Å². The van der Waals surface area contributed by atoms with Crippen LogP contribution in [0.3, 0.4) is 0 Å². The van der Waals surface area contributed by atoms with Gasteiger partial charge in [0.2, 0.25) is 0 Å². The molecule has 2 nitrogen and oxygen atoms in total. The number of imidazole rings is 1. The maximum absolute atomic E-state index is 4.80. The minimum Gasteiger partial charge on any atom is -0.342 e. The molecule has 0 spiro atoms. The van der Waals surface area contributed by atoms with Crippen LogP contribution in [0.5, 0.6) is 0 Å². The Morgan fingerprint density at radius 3 is 2.54 bits per heavy atom. The van der Waals surface area contributed by atoms with E-state index in [9.17, 15) is 0 Å². The van der Waals surface area contributed by atoms with Gasteiger partial charge in [-0.2, -0.15) is 0 Å². The van der Waals surface area contributed by atoms with Gasteiger partial charge >= 0.3 is 0 Å². The van der Waals surface area contributed by atoms with Gasteiger partial charge in [0.25, 0.3) is 0 Å². The largest absolute Gasteiger partial charge is 0.342 e. The summed E-state index contributed by atoms with van der Waals surface area (Å²) >= 11 is 0. The van der Waals surface area contributed by atoms with Crippen molar-refractivity contribution in [3.05, 3.63) is 65.5 Å². The highest BCUT2D eigenvalue weighted by Crippen LogP contribution is 2.36. The van der Waals surface area contributed by atoms with E-state index in [2.05, 4.69) is 60.4 Å². The summed E-state index contributed by atoms with van der Waals surface area (Å²) in [6.45, 7) is 2.20. The van der Waals surface area contributed by atoms with E-state index in [0.29, 0.717) is 0 Å². The molecule has 1 N–H and O–H groups in total. The average Bonchev–Trinajstić information content (AvgIpc) is 3.04. The topological polar surface area (TPSA) is 28.7 Å². The molecule has 4 rings (SSSR count). The first-order valence-corrected chi connectivity index (χ1v) is 9.34. The van der Waals surface area contributed by atoms with Crippen LogP contribution < -0.4 is 0 Å². The number of H-pyrrole nitrogens is 1. The maximum Gasteiger partial charge on any atom is 0.107 e. The zero-order valence-corrected chi connectivity index (χ0v) is 14.5. The quantitative estimate of drug-likeness (QED) is 0.662. The van der Waals surface area contributed by atoms with Gasteiger partial charge in [-0.1, -0.05) is 43.3 Å². The van der Waals surface area contributed by atoms with Gasteiger partial charge in [0.1, 0.15) is 5.82 Å². The second-order valence-electron chi connectivity index (χ2n) is 7.22. The fourth-order valence-electron chi connectivity index (χ4n) is 4.12. The van der Waals surface area contributed by atoms with Gasteiger partial charge in [-0.05, 0) is 67.2 Å². The van der Waals surface area contributed by atoms with Crippen LogP contribution in [0.4, 0.5) is 0 Å². The molecule has 0 aliphatic heterocycles. The number of nitrogens with one attached hydrogen (secondary N) is 1. The molecule has 2 aromatic carbocycles. The summed E-state index contributed by atoms with van der Waals surface area (Å²) in [6, 6.07) is 17.6. The van der Waals surface area contributed by atoms with Crippen LogP contribution in [0.2, 0.25) is 0 Å². The van der Waals surface area contributed by atoms with Crippen molar-refractivity contribution >= 4 is 11.0 Å². The summed E-state index contributed by atoms with van der Waals surface area (Å²) in [5.74, 6) is 2.70. The van der Waals surface area contributed by atoms with Crippen molar-refractivity contribution in [3.63, 3.8) is 0 Å². The molecule has 0 radical (unpaired) electrons. The Bertz CT molecular complexity index is 795. The second kappa shape index (κ2) is 6.80. The Morgan fingerprint density at radius 2 is 1.79 bits per heavy atom. The van der Waals surface area contributed by atoms with E-state index in [1.165, 1.54) is 48.2 Å². The molecule has 1 aliphatic rings. The number of fused-ring (bicyclic) bond motifs is 1. The molecule has 1 aliphatic carbocycles. The molecule has 2 heteroatoms. The number of aromatic amines is 1. The van der Waals surface area contributed by atoms with E-state index in [4.69, 9.17) is 4.98 Å². The zero-order valence-electron chi connectivity index (χ0n) is 14.5. The van der Waals surface area contributed by atoms with E-state index in [0.717, 1.165) is 30.2 Å². The van der Waals surface area contributed by atoms with Crippen LogP contribution in [0.25, 0.3) is 11.0 Å². The molecular formula is C22H26N2. The second-order valence-corrected chi connectivity index (χ2v) is 7.22. The van der Waals surface area contributed by atoms with Crippen molar-refractivity contribution in [2.24, 2.45) is 5.92 Å². The molecule has 3 aromatic rings. The predicted molar refractivity (Wildman–Crippen MR) is 100 cm³/mol. The van der Waals surface area contributed by atoms with Gasteiger partial charge < -0.3 is 4.98 Å². The maximum atomic E-state index is 4.80. The van der Waals surface area contributed by atoms with Crippen LogP contribution in [0, 0.1) is 5.92 Å². The van der Waals surface area contributed by atoms with E-state index in [1.807, 2.05) is 0 Å². The number of aryl methyl sites for hydroxylation is 1. The Morgan fingerprint density at radius 1 is 1.00 bits per heavy atom. The van der Waals surface area contributed by atoms with Crippen LogP contribution in [-0.2, 0) is 12.8 Å². The highest BCUT2D eigenvalue weighted by atomic mass is 14.9. The molecule has 0 atom stereocenters. The number of aromatic nitrogens is 2. The lowest BCUT2D eigenvalue weighted by atomic mass is 9.77. The Labute approximate surface area is 144 Å². The Balaban J connectivity index is 1.40. The fraction of sp³-hybridized carbons (Fsp3) is 0.409. The van der Waals surface area contributed by atoms with Crippen molar-refractivity contribution in [1.82, 2.24) is 9.97 Å². The summed E-state index contributed by atoms with van der Waals surface area (Å²) < 4.78 is 0. The molecule has 1 saturated carbocycles. The third-order valence-electron chi connectivity index (χ3n) is 5.60. The standard InChI is InChI=1S/C22H26N2/c1-2-16-10-13-20-21(14-16)24-22(23-20)15-17-8-11-19(12-9-17)18-6-4-3-5-7-18/h3-7,10,13-14,17,19H,2,8-9,11-12,15H2,1H3,(H,23,24). The highest BCUT2D eigenvalue weighted by Gasteiger charge is 2.23. The first kappa shape index (κ1) is 15.4. The van der Waals surface area contributed by atoms with Crippen molar-refractivity contribution in [1.29, 1.82) is 0 Å². The van der Waals surface area contributed by atoms with Gasteiger partial charge in [0, 0.05) is 6.42 Å². The third-order valence-corrected chi connectivity index (χ3v) is 5.60. The minimum atomic E-state index is 0.755. The van der Waals surface area contributed by atoms with Gasteiger partial charge in [-0.3, -0.25) is 0 Å². The molecule has 124 valence electrons. The Hall–Kier alpha value is -2.09. The summed E-state index contributed by atoms with van der Waals surface area (Å²) in [6.07, 6.45) is 7.43. The lowest BCUT2D eigenvalue weighted by Gasteiger charge is -2.28. The van der Waals surface area contributed by atoms with Crippen molar-refractivity contribution in [3.8, 4) is 0 Å². The van der Waals surface area contributed by atoms with Gasteiger partial charge in [-0.15, -0.1) is 0 Å². The summed E-state index contributed by atoms with van der Waals surface area (Å²) in [5.41, 5.74) is 5.20. The van der Waals surface area contributed by atoms with E-state index < -0.39 is 0 Å². The van der Waals surface area contributed by atoms with Crippen LogP contribution >= 0.6 is 0 Å². The summed E-state index contributed by atoms with van der Waals surface area (Å²) in [4.78, 5) is 8.35. The molecule has 0 saturated heterocycles. The monoisotopic (exact) mass is 318 g/mol. The third kappa shape index (κ3) is 3.24. The van der Waals surface area contributed by atoms with Crippen LogP contribution in [-0.4, -0.2) is 9.97 Å². The first-order valence-electron chi connectivity index (χ1n) is 9.34. The normalized spacial score (nSPS) is 21.2. The van der Waals surface area contributed by atoms with Gasteiger partial charge in [0.15, 0.2) is 0 Å². The number of rotatable bonds is 4. The molecule has 1 aromatic heterocycles. The van der Waals surface area contributed by atoms with E-state index >= 15 is 0 Å². The fourth-order valence-corrected chi connectivity index (χ4v) is 4.12. The molecule has 0 bridgehead atoms. The SMILES string of the molecule is CCc1ccc2nc(CC3CCC(c4ccccc4)CC3)[nH]c2c1. The van der Waals surface area contributed by atoms with Crippen LogP contribution in [0.15, 0.2) is 48.5 Å². The van der Waals surface area contributed by atoms with Gasteiger partial charge in [-0.25, -0.2) is 4.98 Å². The Kier molecular flexibility index (Phi) is 4.38. The van der Waals surface area contributed by atoms with Crippen molar-refractivity contribution in [2.75, 3.05) is 0 Å². The average molecular weight is 318 g/mol. The number of hydrogen-bond donors (Lipinski definition) is 1. The minimum absolute atomic E-state index is 0.755. The number of nitrogens with zero attached hydrogens (tertiary/aromatic N) is 1. The molecule has 0 unspecified atom stereocenters. The van der Waals surface area contributed by atoms with Crippen LogP contribution in [0.1, 0.15) is 55.5 Å². The lowest BCUT2D eigenvalue weighted by Crippen LogP contribution is -2.15. The van der Waals surface area contributed by atoms with Crippen molar-refractivity contribution in [2.45, 2.75) is 51.4 Å². The predicted octanol–water partition coefficient (Wildman–Crippen LogP) is 5.64.